The lowest BCUT2D eigenvalue weighted by molar-refractivity contribution is -0.132. The van der Waals surface area contributed by atoms with Gasteiger partial charge in [-0.2, -0.15) is 4.98 Å². The smallest absolute Gasteiger partial charge is 0.227 e. The number of hydrogen-bond donors (Lipinski definition) is 1. The molecule has 7 heteroatoms. The van der Waals surface area contributed by atoms with Crippen molar-refractivity contribution >= 4 is 17.5 Å². The number of halogens is 1. The van der Waals surface area contributed by atoms with E-state index in [0.29, 0.717) is 47.7 Å². The van der Waals surface area contributed by atoms with Gasteiger partial charge in [-0.3, -0.25) is 4.79 Å². The molecule has 2 aliphatic rings. The Balaban J connectivity index is 1.32. The third kappa shape index (κ3) is 3.76. The lowest BCUT2D eigenvalue weighted by Crippen LogP contribution is -2.48. The zero-order valence-corrected chi connectivity index (χ0v) is 15.6. The second kappa shape index (κ2) is 7.37. The summed E-state index contributed by atoms with van der Waals surface area (Å²) in [4.78, 5) is 18.9. The maximum Gasteiger partial charge on any atom is 0.227 e. The Morgan fingerprint density at radius 3 is 2.65 bits per heavy atom. The van der Waals surface area contributed by atoms with Crippen LogP contribution in [-0.2, 0) is 11.2 Å². The summed E-state index contributed by atoms with van der Waals surface area (Å²) in [5.41, 5.74) is 0.845. The molecule has 0 aliphatic carbocycles. The molecule has 2 unspecified atom stereocenters. The number of benzene rings is 1. The Labute approximate surface area is 157 Å². The van der Waals surface area contributed by atoms with Crippen LogP contribution in [0.15, 0.2) is 28.8 Å². The number of piperidine rings is 1. The minimum atomic E-state index is 0.141. The van der Waals surface area contributed by atoms with E-state index in [1.54, 1.807) is 12.1 Å². The highest BCUT2D eigenvalue weighted by atomic mass is 35.5. The molecule has 4 rings (SSSR count). The zero-order chi connectivity index (χ0) is 18.1. The summed E-state index contributed by atoms with van der Waals surface area (Å²) in [5.74, 6) is 1.15. The first kappa shape index (κ1) is 17.5. The minimum absolute atomic E-state index is 0.141. The summed E-state index contributed by atoms with van der Waals surface area (Å²) in [6.07, 6.45) is 5.43. The van der Waals surface area contributed by atoms with Gasteiger partial charge in [-0.05, 0) is 49.9 Å². The maximum atomic E-state index is 12.6. The molecule has 2 aliphatic heterocycles. The molecule has 2 saturated heterocycles. The number of aryl methyl sites for hydroxylation is 1. The minimum Gasteiger partial charge on any atom is -0.343 e. The van der Waals surface area contributed by atoms with Crippen LogP contribution in [-0.4, -0.2) is 46.1 Å². The van der Waals surface area contributed by atoms with Crippen molar-refractivity contribution in [3.8, 4) is 11.4 Å². The standard InChI is InChI=1S/C19H23ClN4O2/c1-24(16-10-14-6-7-15(11-16)21-14)18(25)9-8-17-22-19(23-26-17)12-2-4-13(20)5-3-12/h2-5,14-16,21H,6-11H2,1H3. The molecule has 0 saturated carbocycles. The van der Waals surface area contributed by atoms with Gasteiger partial charge in [0.05, 0.1) is 0 Å². The number of rotatable bonds is 5. The van der Waals surface area contributed by atoms with E-state index in [-0.39, 0.29) is 5.91 Å². The van der Waals surface area contributed by atoms with E-state index in [0.717, 1.165) is 18.4 Å². The van der Waals surface area contributed by atoms with Crippen molar-refractivity contribution in [1.29, 1.82) is 0 Å². The molecule has 2 fully saturated rings. The van der Waals surface area contributed by atoms with E-state index >= 15 is 0 Å². The molecule has 1 aromatic heterocycles. The average Bonchev–Trinajstić information content (AvgIpc) is 3.26. The van der Waals surface area contributed by atoms with Gasteiger partial charge in [0.15, 0.2) is 0 Å². The Morgan fingerprint density at radius 1 is 1.27 bits per heavy atom. The van der Waals surface area contributed by atoms with Gasteiger partial charge in [-0.25, -0.2) is 0 Å². The zero-order valence-electron chi connectivity index (χ0n) is 14.8. The van der Waals surface area contributed by atoms with E-state index in [2.05, 4.69) is 15.5 Å². The summed E-state index contributed by atoms with van der Waals surface area (Å²) in [7, 11) is 1.92. The van der Waals surface area contributed by atoms with Gasteiger partial charge in [0, 0.05) is 48.6 Å². The number of fused-ring (bicyclic) bond motifs is 2. The molecule has 26 heavy (non-hydrogen) atoms. The number of carbonyl (C=O) groups excluding carboxylic acids is 1. The SMILES string of the molecule is CN(C(=O)CCc1nc(-c2ccc(Cl)cc2)no1)C1CC2CCC(C1)N2. The van der Waals surface area contributed by atoms with Crippen LogP contribution >= 0.6 is 11.6 Å². The molecule has 2 aromatic rings. The molecule has 0 spiro atoms. The molecule has 1 amide bonds. The average molecular weight is 375 g/mol. The van der Waals surface area contributed by atoms with Gasteiger partial charge in [0.1, 0.15) is 0 Å². The summed E-state index contributed by atoms with van der Waals surface area (Å²) in [6, 6.07) is 8.77. The van der Waals surface area contributed by atoms with Crippen LogP contribution in [0.1, 0.15) is 38.0 Å². The van der Waals surface area contributed by atoms with Crippen molar-refractivity contribution in [2.45, 2.75) is 56.7 Å². The van der Waals surface area contributed by atoms with Crippen molar-refractivity contribution in [3.63, 3.8) is 0 Å². The van der Waals surface area contributed by atoms with Crippen molar-refractivity contribution in [2.24, 2.45) is 0 Å². The Hall–Kier alpha value is -1.92. The summed E-state index contributed by atoms with van der Waals surface area (Å²) >= 11 is 5.89. The van der Waals surface area contributed by atoms with Gasteiger partial charge in [0.2, 0.25) is 17.6 Å². The highest BCUT2D eigenvalue weighted by Crippen LogP contribution is 2.29. The van der Waals surface area contributed by atoms with Crippen molar-refractivity contribution in [3.05, 3.63) is 35.2 Å². The number of aromatic nitrogens is 2. The molecule has 138 valence electrons. The van der Waals surface area contributed by atoms with Crippen LogP contribution in [0.3, 0.4) is 0 Å². The molecule has 2 atom stereocenters. The van der Waals surface area contributed by atoms with E-state index < -0.39 is 0 Å². The van der Waals surface area contributed by atoms with Crippen LogP contribution in [0, 0.1) is 0 Å². The molecular formula is C19H23ClN4O2. The molecule has 1 aromatic carbocycles. The van der Waals surface area contributed by atoms with Gasteiger partial charge >= 0.3 is 0 Å². The van der Waals surface area contributed by atoms with Crippen LogP contribution in [0.5, 0.6) is 0 Å². The second-order valence-corrected chi connectivity index (χ2v) is 7.72. The number of hydrogen-bond acceptors (Lipinski definition) is 5. The van der Waals surface area contributed by atoms with Gasteiger partial charge in [0.25, 0.3) is 0 Å². The van der Waals surface area contributed by atoms with Crippen LogP contribution in [0.25, 0.3) is 11.4 Å². The van der Waals surface area contributed by atoms with Gasteiger partial charge in [-0.1, -0.05) is 16.8 Å². The molecule has 1 N–H and O–H groups in total. The van der Waals surface area contributed by atoms with Gasteiger partial charge in [-0.15, -0.1) is 0 Å². The Bertz CT molecular complexity index is 764. The van der Waals surface area contributed by atoms with Crippen LogP contribution < -0.4 is 5.32 Å². The summed E-state index contributed by atoms with van der Waals surface area (Å²) in [6.45, 7) is 0. The van der Waals surface area contributed by atoms with Crippen LogP contribution in [0.4, 0.5) is 0 Å². The number of nitrogens with zero attached hydrogens (tertiary/aromatic N) is 3. The topological polar surface area (TPSA) is 71.3 Å². The Morgan fingerprint density at radius 2 is 1.96 bits per heavy atom. The van der Waals surface area contributed by atoms with Gasteiger partial charge < -0.3 is 14.7 Å². The van der Waals surface area contributed by atoms with Crippen molar-refractivity contribution in [1.82, 2.24) is 20.4 Å². The Kier molecular flexibility index (Phi) is 4.96. The fourth-order valence-electron chi connectivity index (χ4n) is 4.01. The third-order valence-electron chi connectivity index (χ3n) is 5.51. The molecule has 2 bridgehead atoms. The van der Waals surface area contributed by atoms with Crippen molar-refractivity contribution in [2.75, 3.05) is 7.05 Å². The van der Waals surface area contributed by atoms with E-state index in [1.165, 1.54) is 12.8 Å². The quantitative estimate of drug-likeness (QED) is 0.870. The first-order valence-electron chi connectivity index (χ1n) is 9.18. The second-order valence-electron chi connectivity index (χ2n) is 7.29. The fourth-order valence-corrected chi connectivity index (χ4v) is 4.14. The van der Waals surface area contributed by atoms with E-state index in [1.807, 2.05) is 24.1 Å². The predicted molar refractivity (Wildman–Crippen MR) is 98.8 cm³/mol. The normalized spacial score (nSPS) is 24.6. The maximum absolute atomic E-state index is 12.6. The molecular weight excluding hydrogens is 352 g/mol. The largest absolute Gasteiger partial charge is 0.343 e. The molecule has 3 heterocycles. The third-order valence-corrected chi connectivity index (χ3v) is 5.76. The highest BCUT2D eigenvalue weighted by Gasteiger charge is 2.36. The highest BCUT2D eigenvalue weighted by molar-refractivity contribution is 6.30. The number of amides is 1. The lowest BCUT2D eigenvalue weighted by atomic mass is 9.98. The van der Waals surface area contributed by atoms with E-state index in [9.17, 15) is 4.79 Å². The monoisotopic (exact) mass is 374 g/mol. The first-order valence-corrected chi connectivity index (χ1v) is 9.56. The summed E-state index contributed by atoms with van der Waals surface area (Å²) in [5, 5.41) is 8.27. The molecule has 0 radical (unpaired) electrons. The summed E-state index contributed by atoms with van der Waals surface area (Å²) < 4.78 is 5.29. The van der Waals surface area contributed by atoms with E-state index in [4.69, 9.17) is 16.1 Å². The lowest BCUT2D eigenvalue weighted by Gasteiger charge is -2.35. The first-order chi connectivity index (χ1) is 12.6. The van der Waals surface area contributed by atoms with Crippen molar-refractivity contribution < 1.29 is 9.32 Å². The number of carbonyl (C=O) groups is 1. The predicted octanol–water partition coefficient (Wildman–Crippen LogP) is 3.06. The van der Waals surface area contributed by atoms with Crippen LogP contribution in [0.2, 0.25) is 5.02 Å². The molecule has 6 nitrogen and oxygen atoms in total. The fraction of sp³-hybridized carbons (Fsp3) is 0.526. The number of nitrogens with one attached hydrogen (secondary N) is 1.